The number of allylic oxidation sites excluding steroid dienone is 1. The van der Waals surface area contributed by atoms with Gasteiger partial charge in [-0.15, -0.1) is 0 Å². The van der Waals surface area contributed by atoms with Crippen molar-refractivity contribution in [2.24, 2.45) is 4.99 Å². The highest BCUT2D eigenvalue weighted by molar-refractivity contribution is 9.09. The SMILES string of the molecule is CCOC1/C=C\C(CBr)=N/C/C(C(=O)OC)=C\1. The number of alkyl halides is 1. The van der Waals surface area contributed by atoms with E-state index in [0.717, 1.165) is 5.71 Å². The van der Waals surface area contributed by atoms with E-state index in [1.807, 2.05) is 19.1 Å². The Bertz CT molecular complexity index is 361. The monoisotopic (exact) mass is 301 g/mol. The molecule has 94 valence electrons. The quantitative estimate of drug-likeness (QED) is 0.588. The van der Waals surface area contributed by atoms with E-state index in [2.05, 4.69) is 20.9 Å². The standard InChI is InChI=1S/C12H16BrNO3/c1-3-17-11-5-4-10(7-13)14-8-9(6-11)12(15)16-2/h4-6,11H,3,7-8H2,1-2H3/b5-4-,9-6+,14-10+. The number of carbonyl (C=O) groups excluding carboxylic acids is 1. The van der Waals surface area contributed by atoms with Crippen molar-refractivity contribution in [2.45, 2.75) is 13.0 Å². The number of aliphatic imine (C=N–C) groups is 1. The molecule has 1 atom stereocenters. The number of hydrogen-bond donors (Lipinski definition) is 0. The summed E-state index contributed by atoms with van der Waals surface area (Å²) in [5.41, 5.74) is 1.40. The average Bonchev–Trinajstić information content (AvgIpc) is 2.32. The van der Waals surface area contributed by atoms with Crippen molar-refractivity contribution in [2.75, 3.05) is 25.6 Å². The predicted molar refractivity (Wildman–Crippen MR) is 70.7 cm³/mol. The molecule has 0 aromatic carbocycles. The summed E-state index contributed by atoms with van der Waals surface area (Å²) in [5.74, 6) is -0.359. The number of methoxy groups -OCH3 is 1. The van der Waals surface area contributed by atoms with Crippen molar-refractivity contribution in [3.63, 3.8) is 0 Å². The van der Waals surface area contributed by atoms with Gasteiger partial charge in [-0.1, -0.05) is 22.0 Å². The van der Waals surface area contributed by atoms with E-state index in [4.69, 9.17) is 9.47 Å². The topological polar surface area (TPSA) is 47.9 Å². The minimum atomic E-state index is -0.359. The fraction of sp³-hybridized carbons (Fsp3) is 0.500. The molecule has 5 heteroatoms. The molecule has 0 bridgehead atoms. The Kier molecular flexibility index (Phi) is 6.15. The Balaban J connectivity index is 2.95. The lowest BCUT2D eigenvalue weighted by atomic mass is 10.1. The van der Waals surface area contributed by atoms with E-state index in [0.29, 0.717) is 24.1 Å². The summed E-state index contributed by atoms with van der Waals surface area (Å²) in [6, 6.07) is 0. The maximum absolute atomic E-state index is 11.5. The van der Waals surface area contributed by atoms with Crippen LogP contribution in [0.25, 0.3) is 0 Å². The number of esters is 1. The van der Waals surface area contributed by atoms with Gasteiger partial charge in [0.25, 0.3) is 0 Å². The molecule has 0 radical (unpaired) electrons. The second kappa shape index (κ2) is 7.40. The van der Waals surface area contributed by atoms with Crippen LogP contribution in [0.2, 0.25) is 0 Å². The Morgan fingerprint density at radius 1 is 1.65 bits per heavy atom. The molecule has 1 heterocycles. The molecule has 0 fully saturated rings. The zero-order chi connectivity index (χ0) is 12.7. The molecule has 0 aromatic heterocycles. The molecule has 0 amide bonds. The van der Waals surface area contributed by atoms with Gasteiger partial charge in [0.15, 0.2) is 0 Å². The number of halogens is 1. The van der Waals surface area contributed by atoms with Crippen LogP contribution in [0, 0.1) is 0 Å². The smallest absolute Gasteiger partial charge is 0.335 e. The maximum atomic E-state index is 11.5. The lowest BCUT2D eigenvalue weighted by Gasteiger charge is -2.13. The van der Waals surface area contributed by atoms with E-state index in [1.54, 1.807) is 6.08 Å². The van der Waals surface area contributed by atoms with Crippen LogP contribution in [0.5, 0.6) is 0 Å². The Hall–Kier alpha value is -0.940. The summed E-state index contributed by atoms with van der Waals surface area (Å²) in [6.45, 7) is 2.82. The molecule has 0 saturated carbocycles. The van der Waals surface area contributed by atoms with Gasteiger partial charge in [-0.2, -0.15) is 0 Å². The number of hydrogen-bond acceptors (Lipinski definition) is 4. The molecule has 1 rings (SSSR count). The maximum Gasteiger partial charge on any atom is 0.335 e. The first-order valence-corrected chi connectivity index (χ1v) is 6.51. The average molecular weight is 302 g/mol. The first-order chi connectivity index (χ1) is 8.21. The fourth-order valence-electron chi connectivity index (χ4n) is 1.40. The van der Waals surface area contributed by atoms with Gasteiger partial charge in [-0.05, 0) is 19.1 Å². The van der Waals surface area contributed by atoms with Gasteiger partial charge in [-0.3, -0.25) is 4.99 Å². The van der Waals surface area contributed by atoms with Gasteiger partial charge >= 0.3 is 5.97 Å². The molecule has 1 aliphatic rings. The molecule has 17 heavy (non-hydrogen) atoms. The van der Waals surface area contributed by atoms with Crippen LogP contribution in [0.3, 0.4) is 0 Å². The highest BCUT2D eigenvalue weighted by atomic mass is 79.9. The van der Waals surface area contributed by atoms with Gasteiger partial charge in [0.2, 0.25) is 0 Å². The van der Waals surface area contributed by atoms with Crippen molar-refractivity contribution in [1.29, 1.82) is 0 Å². The van der Waals surface area contributed by atoms with Crippen molar-refractivity contribution < 1.29 is 14.3 Å². The first-order valence-electron chi connectivity index (χ1n) is 5.39. The molecular formula is C12H16BrNO3. The molecular weight excluding hydrogens is 286 g/mol. The first kappa shape index (κ1) is 14.1. The summed E-state index contributed by atoms with van der Waals surface area (Å²) in [5, 5.41) is 0.650. The molecule has 1 unspecified atom stereocenters. The molecule has 0 saturated heterocycles. The lowest BCUT2D eigenvalue weighted by molar-refractivity contribution is -0.136. The number of carbonyl (C=O) groups is 1. The van der Waals surface area contributed by atoms with Gasteiger partial charge in [-0.25, -0.2) is 4.79 Å². The van der Waals surface area contributed by atoms with Crippen LogP contribution in [-0.2, 0) is 14.3 Å². The van der Waals surface area contributed by atoms with Crippen LogP contribution >= 0.6 is 15.9 Å². The molecule has 1 aliphatic heterocycles. The lowest BCUT2D eigenvalue weighted by Crippen LogP contribution is -2.17. The highest BCUT2D eigenvalue weighted by Crippen LogP contribution is 2.09. The van der Waals surface area contributed by atoms with E-state index < -0.39 is 0 Å². The van der Waals surface area contributed by atoms with Gasteiger partial charge in [0.05, 0.1) is 25.3 Å². The Morgan fingerprint density at radius 2 is 2.41 bits per heavy atom. The number of ether oxygens (including phenoxy) is 2. The molecule has 0 N–H and O–H groups in total. The van der Waals surface area contributed by atoms with Gasteiger partial charge in [0.1, 0.15) is 0 Å². The third-order valence-corrected chi connectivity index (χ3v) is 2.81. The molecule has 4 nitrogen and oxygen atoms in total. The third kappa shape index (κ3) is 4.44. The zero-order valence-electron chi connectivity index (χ0n) is 9.98. The van der Waals surface area contributed by atoms with Crippen LogP contribution in [0.15, 0.2) is 28.8 Å². The van der Waals surface area contributed by atoms with E-state index >= 15 is 0 Å². The number of nitrogens with zero attached hydrogens (tertiary/aromatic N) is 1. The van der Waals surface area contributed by atoms with Gasteiger partial charge < -0.3 is 9.47 Å². The second-order valence-electron chi connectivity index (χ2n) is 3.40. The number of rotatable bonds is 4. The zero-order valence-corrected chi connectivity index (χ0v) is 11.6. The summed E-state index contributed by atoms with van der Waals surface area (Å²) in [7, 11) is 1.36. The summed E-state index contributed by atoms with van der Waals surface area (Å²) >= 11 is 3.35. The third-order valence-electron chi connectivity index (χ3n) is 2.24. The Labute approximate surface area is 110 Å². The molecule has 0 aliphatic carbocycles. The summed E-state index contributed by atoms with van der Waals surface area (Å²) in [6.07, 6.45) is 5.32. The largest absolute Gasteiger partial charge is 0.466 e. The predicted octanol–water partition coefficient (Wildman–Crippen LogP) is 1.90. The minimum absolute atomic E-state index is 0.210. The molecule has 0 spiro atoms. The van der Waals surface area contributed by atoms with Crippen molar-refractivity contribution in [3.8, 4) is 0 Å². The minimum Gasteiger partial charge on any atom is -0.466 e. The van der Waals surface area contributed by atoms with Crippen LogP contribution < -0.4 is 0 Å². The van der Waals surface area contributed by atoms with E-state index in [1.165, 1.54) is 7.11 Å². The van der Waals surface area contributed by atoms with Crippen molar-refractivity contribution >= 4 is 27.6 Å². The highest BCUT2D eigenvalue weighted by Gasteiger charge is 2.14. The summed E-state index contributed by atoms with van der Waals surface area (Å²) in [4.78, 5) is 15.8. The van der Waals surface area contributed by atoms with Crippen molar-refractivity contribution in [3.05, 3.63) is 23.8 Å². The fourth-order valence-corrected chi connectivity index (χ4v) is 1.76. The van der Waals surface area contributed by atoms with Gasteiger partial charge in [0, 0.05) is 17.6 Å². The molecule has 0 aromatic rings. The van der Waals surface area contributed by atoms with Crippen LogP contribution in [0.1, 0.15) is 6.92 Å². The normalized spacial score (nSPS) is 28.1. The van der Waals surface area contributed by atoms with Crippen LogP contribution in [-0.4, -0.2) is 43.4 Å². The van der Waals surface area contributed by atoms with E-state index in [-0.39, 0.29) is 12.1 Å². The van der Waals surface area contributed by atoms with E-state index in [9.17, 15) is 4.79 Å². The Morgan fingerprint density at radius 3 is 3.00 bits per heavy atom. The second-order valence-corrected chi connectivity index (χ2v) is 3.96. The van der Waals surface area contributed by atoms with Crippen LogP contribution in [0.4, 0.5) is 0 Å². The summed E-state index contributed by atoms with van der Waals surface area (Å²) < 4.78 is 10.2. The van der Waals surface area contributed by atoms with Crippen molar-refractivity contribution in [1.82, 2.24) is 0 Å².